The van der Waals surface area contributed by atoms with Gasteiger partial charge in [0.25, 0.3) is 0 Å². The molecule has 1 heterocycles. The quantitative estimate of drug-likeness (QED) is 0.383. The van der Waals surface area contributed by atoms with Crippen LogP contribution in [0.5, 0.6) is 0 Å². The summed E-state index contributed by atoms with van der Waals surface area (Å²) in [6.45, 7) is 6.88. The number of methoxy groups -OCH3 is 1. The molecule has 0 aliphatic rings. The van der Waals surface area contributed by atoms with Crippen LogP contribution < -0.4 is 10.6 Å². The van der Waals surface area contributed by atoms with E-state index < -0.39 is 0 Å². The average molecular weight is 475 g/mol. The lowest BCUT2D eigenvalue weighted by Gasteiger charge is -2.24. The van der Waals surface area contributed by atoms with Crippen LogP contribution in [0.3, 0.4) is 0 Å². The normalized spacial score (nSPS) is 11.8. The molecule has 0 saturated heterocycles. The Balaban J connectivity index is 0.00000338. The van der Waals surface area contributed by atoms with Gasteiger partial charge in [0, 0.05) is 39.6 Å². The summed E-state index contributed by atoms with van der Waals surface area (Å²) in [5, 5.41) is 6.37. The van der Waals surface area contributed by atoms with Crippen LogP contribution in [0.25, 0.3) is 5.69 Å². The van der Waals surface area contributed by atoms with Crippen molar-refractivity contribution in [2.75, 3.05) is 20.7 Å². The van der Waals surface area contributed by atoms with Gasteiger partial charge in [0.05, 0.1) is 11.3 Å². The number of nitrogens with one attached hydrogen (secondary N) is 2. The molecule has 0 bridgehead atoms. The van der Waals surface area contributed by atoms with Crippen LogP contribution in [-0.2, 0) is 11.3 Å². The molecule has 144 valence electrons. The Morgan fingerprint density at radius 1 is 1.35 bits per heavy atom. The fourth-order valence-corrected chi connectivity index (χ4v) is 2.26. The van der Waals surface area contributed by atoms with Gasteiger partial charge >= 0.3 is 0 Å². The number of aliphatic imine (C=N–C) groups is 1. The van der Waals surface area contributed by atoms with Crippen LogP contribution in [0, 0.1) is 12.7 Å². The van der Waals surface area contributed by atoms with Crippen molar-refractivity contribution >= 4 is 29.9 Å². The summed E-state index contributed by atoms with van der Waals surface area (Å²) >= 11 is 0. The van der Waals surface area contributed by atoms with E-state index in [1.54, 1.807) is 37.2 Å². The van der Waals surface area contributed by atoms with Gasteiger partial charge in [0.2, 0.25) is 0 Å². The number of guanidine groups is 1. The largest absolute Gasteiger partial charge is 0.377 e. The molecule has 0 atom stereocenters. The minimum Gasteiger partial charge on any atom is -0.377 e. The number of nitrogens with zero attached hydrogens (tertiary/aromatic N) is 3. The highest BCUT2D eigenvalue weighted by molar-refractivity contribution is 14.0. The van der Waals surface area contributed by atoms with E-state index in [9.17, 15) is 4.39 Å². The third-order valence-corrected chi connectivity index (χ3v) is 4.02. The minimum absolute atomic E-state index is 0. The summed E-state index contributed by atoms with van der Waals surface area (Å²) in [5.74, 6) is 1.10. The standard InChI is InChI=1S/C18H26FN5O.HI/c1-13-21-8-9-24(13)16-7-6-14(10-15(16)19)11-22-17(20-4)23-12-18(2,3)25-5;/h6-10H,11-12H2,1-5H3,(H2,20,22,23);1H. The summed E-state index contributed by atoms with van der Waals surface area (Å²) in [7, 11) is 3.37. The zero-order valence-electron chi connectivity index (χ0n) is 15.8. The van der Waals surface area contributed by atoms with Gasteiger partial charge in [-0.2, -0.15) is 0 Å². The molecule has 2 aromatic rings. The first-order valence-electron chi connectivity index (χ1n) is 8.14. The van der Waals surface area contributed by atoms with Crippen molar-refractivity contribution < 1.29 is 9.13 Å². The Morgan fingerprint density at radius 3 is 2.62 bits per heavy atom. The Bertz CT molecular complexity index is 745. The molecule has 2 rings (SSSR count). The lowest BCUT2D eigenvalue weighted by molar-refractivity contribution is 0.0268. The molecule has 0 aliphatic carbocycles. The first kappa shape index (κ1) is 22.4. The number of halogens is 2. The monoisotopic (exact) mass is 475 g/mol. The molecule has 0 fully saturated rings. The van der Waals surface area contributed by atoms with Gasteiger partial charge in [-0.1, -0.05) is 6.07 Å². The fraction of sp³-hybridized carbons (Fsp3) is 0.444. The second-order valence-electron chi connectivity index (χ2n) is 6.37. The number of aromatic nitrogens is 2. The number of aryl methyl sites for hydroxylation is 1. The van der Waals surface area contributed by atoms with E-state index in [4.69, 9.17) is 4.74 Å². The number of ether oxygens (including phenoxy) is 1. The SMILES string of the molecule is CN=C(NCc1ccc(-n2ccnc2C)c(F)c1)NCC(C)(C)OC.I. The van der Waals surface area contributed by atoms with E-state index in [2.05, 4.69) is 20.6 Å². The molecule has 2 N–H and O–H groups in total. The van der Waals surface area contributed by atoms with Gasteiger partial charge in [-0.3, -0.25) is 4.99 Å². The van der Waals surface area contributed by atoms with E-state index in [0.717, 1.165) is 11.4 Å². The van der Waals surface area contributed by atoms with Gasteiger partial charge in [0.15, 0.2) is 5.96 Å². The van der Waals surface area contributed by atoms with Crippen molar-refractivity contribution in [3.05, 3.63) is 47.8 Å². The maximum absolute atomic E-state index is 14.4. The second-order valence-corrected chi connectivity index (χ2v) is 6.37. The molecule has 1 aromatic heterocycles. The lowest BCUT2D eigenvalue weighted by atomic mass is 10.1. The summed E-state index contributed by atoms with van der Waals surface area (Å²) < 4.78 is 21.5. The lowest BCUT2D eigenvalue weighted by Crippen LogP contribution is -2.45. The van der Waals surface area contributed by atoms with E-state index in [0.29, 0.717) is 24.7 Å². The van der Waals surface area contributed by atoms with Crippen LogP contribution >= 0.6 is 24.0 Å². The third-order valence-electron chi connectivity index (χ3n) is 4.02. The van der Waals surface area contributed by atoms with Crippen molar-refractivity contribution in [2.24, 2.45) is 4.99 Å². The van der Waals surface area contributed by atoms with Crippen LogP contribution in [0.2, 0.25) is 0 Å². The molecule has 0 radical (unpaired) electrons. The number of imidazole rings is 1. The van der Waals surface area contributed by atoms with Gasteiger partial charge in [0.1, 0.15) is 11.6 Å². The number of hydrogen-bond donors (Lipinski definition) is 2. The van der Waals surface area contributed by atoms with E-state index in [-0.39, 0.29) is 35.4 Å². The molecule has 26 heavy (non-hydrogen) atoms. The summed E-state index contributed by atoms with van der Waals surface area (Å²) in [6.07, 6.45) is 3.40. The fourth-order valence-electron chi connectivity index (χ4n) is 2.26. The highest BCUT2D eigenvalue weighted by atomic mass is 127. The Kier molecular flexibility index (Phi) is 8.48. The first-order valence-corrected chi connectivity index (χ1v) is 8.14. The molecule has 0 saturated carbocycles. The average Bonchev–Trinajstić information content (AvgIpc) is 3.01. The third kappa shape index (κ3) is 5.94. The van der Waals surface area contributed by atoms with Gasteiger partial charge in [-0.15, -0.1) is 24.0 Å². The van der Waals surface area contributed by atoms with Crippen molar-refractivity contribution in [3.63, 3.8) is 0 Å². The number of rotatable bonds is 6. The second kappa shape index (κ2) is 9.86. The summed E-state index contributed by atoms with van der Waals surface area (Å²) in [4.78, 5) is 8.29. The molecular formula is C18H27FIN5O. The summed E-state index contributed by atoms with van der Waals surface area (Å²) in [6, 6.07) is 5.16. The van der Waals surface area contributed by atoms with Gasteiger partial charge in [-0.25, -0.2) is 9.37 Å². The van der Waals surface area contributed by atoms with E-state index in [1.807, 2.05) is 26.8 Å². The maximum atomic E-state index is 14.4. The Morgan fingerprint density at radius 2 is 2.08 bits per heavy atom. The van der Waals surface area contributed by atoms with E-state index in [1.165, 1.54) is 6.07 Å². The highest BCUT2D eigenvalue weighted by Crippen LogP contribution is 2.16. The van der Waals surface area contributed by atoms with Crippen molar-refractivity contribution in [1.82, 2.24) is 20.2 Å². The first-order chi connectivity index (χ1) is 11.9. The summed E-state index contributed by atoms with van der Waals surface area (Å²) in [5.41, 5.74) is 1.02. The van der Waals surface area contributed by atoms with E-state index >= 15 is 0 Å². The predicted octanol–water partition coefficient (Wildman–Crippen LogP) is 3.03. The minimum atomic E-state index is -0.298. The van der Waals surface area contributed by atoms with Gasteiger partial charge < -0.3 is 19.9 Å². The zero-order chi connectivity index (χ0) is 18.4. The number of hydrogen-bond acceptors (Lipinski definition) is 3. The molecule has 0 amide bonds. The molecule has 8 heteroatoms. The zero-order valence-corrected chi connectivity index (χ0v) is 18.2. The Labute approximate surface area is 171 Å². The van der Waals surface area contributed by atoms with Gasteiger partial charge in [-0.05, 0) is 38.5 Å². The predicted molar refractivity (Wildman–Crippen MR) is 113 cm³/mol. The smallest absolute Gasteiger partial charge is 0.191 e. The molecule has 6 nitrogen and oxygen atoms in total. The Hall–Kier alpha value is -1.68. The molecule has 0 aliphatic heterocycles. The van der Waals surface area contributed by atoms with Crippen LogP contribution in [-0.4, -0.2) is 41.8 Å². The molecular weight excluding hydrogens is 448 g/mol. The molecule has 1 aromatic carbocycles. The number of benzene rings is 1. The topological polar surface area (TPSA) is 63.5 Å². The highest BCUT2D eigenvalue weighted by Gasteiger charge is 2.16. The maximum Gasteiger partial charge on any atom is 0.191 e. The molecule has 0 spiro atoms. The van der Waals surface area contributed by atoms with Crippen molar-refractivity contribution in [2.45, 2.75) is 32.9 Å². The van der Waals surface area contributed by atoms with Crippen LogP contribution in [0.4, 0.5) is 4.39 Å². The molecule has 0 unspecified atom stereocenters. The van der Waals surface area contributed by atoms with Crippen LogP contribution in [0.1, 0.15) is 25.2 Å². The van der Waals surface area contributed by atoms with Crippen molar-refractivity contribution in [1.29, 1.82) is 0 Å². The van der Waals surface area contributed by atoms with Crippen molar-refractivity contribution in [3.8, 4) is 5.69 Å². The van der Waals surface area contributed by atoms with Crippen LogP contribution in [0.15, 0.2) is 35.6 Å².